The second-order valence-electron chi connectivity index (χ2n) is 10.4. The third kappa shape index (κ3) is 8.54. The number of nitrogens with zero attached hydrogens (tertiary/aromatic N) is 2. The van der Waals surface area contributed by atoms with Gasteiger partial charge in [0.2, 0.25) is 11.8 Å². The molecule has 0 fully saturated rings. The van der Waals surface area contributed by atoms with E-state index in [1.807, 2.05) is 44.2 Å². The summed E-state index contributed by atoms with van der Waals surface area (Å²) < 4.78 is 43.6. The van der Waals surface area contributed by atoms with Gasteiger partial charge < -0.3 is 10.2 Å². The van der Waals surface area contributed by atoms with Crippen LogP contribution in [-0.2, 0) is 32.6 Å². The molecule has 0 radical (unpaired) electrons. The van der Waals surface area contributed by atoms with Crippen molar-refractivity contribution in [2.75, 3.05) is 17.4 Å². The maximum atomic E-state index is 14.4. The Bertz CT molecular complexity index is 1670. The van der Waals surface area contributed by atoms with Crippen molar-refractivity contribution >= 4 is 43.5 Å². The summed E-state index contributed by atoms with van der Waals surface area (Å²) in [4.78, 5) is 29.4. The minimum absolute atomic E-state index is 0.0301. The highest BCUT2D eigenvalue weighted by molar-refractivity contribution is 9.10. The van der Waals surface area contributed by atoms with Gasteiger partial charge in [-0.2, -0.15) is 0 Å². The number of sulfonamides is 1. The van der Waals surface area contributed by atoms with Gasteiger partial charge in [0, 0.05) is 24.0 Å². The SMILES string of the molecule is CCCNC(=O)[C@H](Cc1ccccc1)N(Cc1ccc(F)cc1)C(=O)CN(c1cccc(Br)c1)S(=O)(=O)c1ccc(C)cc1. The van der Waals surface area contributed by atoms with Crippen LogP contribution >= 0.6 is 15.9 Å². The van der Waals surface area contributed by atoms with Crippen LogP contribution in [0.2, 0.25) is 0 Å². The molecule has 0 aliphatic carbocycles. The van der Waals surface area contributed by atoms with E-state index in [0.29, 0.717) is 23.0 Å². The first-order chi connectivity index (χ1) is 21.1. The minimum atomic E-state index is -4.20. The van der Waals surface area contributed by atoms with Crippen LogP contribution in [0.1, 0.15) is 30.0 Å². The number of rotatable bonds is 13. The highest BCUT2D eigenvalue weighted by Crippen LogP contribution is 2.27. The number of carbonyl (C=O) groups is 2. The van der Waals surface area contributed by atoms with Gasteiger partial charge in [0.25, 0.3) is 10.0 Å². The van der Waals surface area contributed by atoms with Crippen LogP contribution < -0.4 is 9.62 Å². The molecule has 0 aromatic heterocycles. The Morgan fingerprint density at radius 2 is 1.57 bits per heavy atom. The largest absolute Gasteiger partial charge is 0.354 e. The van der Waals surface area contributed by atoms with Gasteiger partial charge in [0.1, 0.15) is 18.4 Å². The smallest absolute Gasteiger partial charge is 0.264 e. The number of aryl methyl sites for hydroxylation is 1. The second-order valence-corrected chi connectivity index (χ2v) is 13.2. The lowest BCUT2D eigenvalue weighted by molar-refractivity contribution is -0.140. The molecule has 0 unspecified atom stereocenters. The average Bonchev–Trinajstić information content (AvgIpc) is 3.01. The molecular weight excluding hydrogens is 645 g/mol. The van der Waals surface area contributed by atoms with Crippen molar-refractivity contribution in [3.05, 3.63) is 130 Å². The quantitative estimate of drug-likeness (QED) is 0.181. The molecule has 0 saturated heterocycles. The molecule has 0 aliphatic rings. The van der Waals surface area contributed by atoms with Crippen molar-refractivity contribution < 1.29 is 22.4 Å². The van der Waals surface area contributed by atoms with E-state index < -0.39 is 34.3 Å². The number of hydrogen-bond donors (Lipinski definition) is 1. The van der Waals surface area contributed by atoms with Gasteiger partial charge in [-0.3, -0.25) is 13.9 Å². The fourth-order valence-corrected chi connectivity index (χ4v) is 6.50. The lowest BCUT2D eigenvalue weighted by Crippen LogP contribution is -2.53. The molecule has 2 amide bonds. The Labute approximate surface area is 266 Å². The number of hydrogen-bond acceptors (Lipinski definition) is 4. The van der Waals surface area contributed by atoms with E-state index in [2.05, 4.69) is 21.2 Å². The maximum absolute atomic E-state index is 14.4. The highest BCUT2D eigenvalue weighted by Gasteiger charge is 2.34. The summed E-state index contributed by atoms with van der Waals surface area (Å²) in [7, 11) is -4.20. The fraction of sp³-hybridized carbons (Fsp3) is 0.235. The van der Waals surface area contributed by atoms with Crippen molar-refractivity contribution in [2.45, 2.75) is 44.2 Å². The molecular formula is C34H35BrFN3O4S. The van der Waals surface area contributed by atoms with E-state index in [0.717, 1.165) is 15.4 Å². The first-order valence-corrected chi connectivity index (χ1v) is 16.5. The van der Waals surface area contributed by atoms with E-state index >= 15 is 0 Å². The Kier molecular flexibility index (Phi) is 11.3. The van der Waals surface area contributed by atoms with Crippen LogP contribution in [0.15, 0.2) is 112 Å². The zero-order chi connectivity index (χ0) is 31.7. The molecule has 44 heavy (non-hydrogen) atoms. The Hall–Kier alpha value is -4.02. The molecule has 230 valence electrons. The summed E-state index contributed by atoms with van der Waals surface area (Å²) >= 11 is 3.41. The van der Waals surface area contributed by atoms with Crippen molar-refractivity contribution in [2.24, 2.45) is 0 Å². The Morgan fingerprint density at radius 1 is 0.886 bits per heavy atom. The number of halogens is 2. The summed E-state index contributed by atoms with van der Waals surface area (Å²) in [5.41, 5.74) is 2.60. The first kappa shape index (κ1) is 32.9. The molecule has 4 aromatic carbocycles. The number of benzene rings is 4. The molecule has 7 nitrogen and oxygen atoms in total. The van der Waals surface area contributed by atoms with Crippen LogP contribution in [0.25, 0.3) is 0 Å². The summed E-state index contributed by atoms with van der Waals surface area (Å²) in [5.74, 6) is -1.38. The predicted molar refractivity (Wildman–Crippen MR) is 174 cm³/mol. The second kappa shape index (κ2) is 15.1. The summed E-state index contributed by atoms with van der Waals surface area (Å²) in [6.45, 7) is 3.59. The molecule has 10 heteroatoms. The number of carbonyl (C=O) groups excluding carboxylic acids is 2. The minimum Gasteiger partial charge on any atom is -0.354 e. The summed E-state index contributed by atoms with van der Waals surface area (Å²) in [6.07, 6.45) is 0.895. The van der Waals surface area contributed by atoms with E-state index in [1.165, 1.54) is 29.2 Å². The molecule has 0 bridgehead atoms. The number of amides is 2. The third-order valence-corrected chi connectivity index (χ3v) is 9.35. The van der Waals surface area contributed by atoms with Gasteiger partial charge in [0.15, 0.2) is 0 Å². The molecule has 0 spiro atoms. The van der Waals surface area contributed by atoms with Gasteiger partial charge in [-0.15, -0.1) is 0 Å². The number of anilines is 1. The first-order valence-electron chi connectivity index (χ1n) is 14.3. The average molecular weight is 681 g/mol. The van der Waals surface area contributed by atoms with E-state index in [9.17, 15) is 22.4 Å². The Morgan fingerprint density at radius 3 is 2.20 bits per heavy atom. The number of nitrogens with one attached hydrogen (secondary N) is 1. The van der Waals surface area contributed by atoms with Gasteiger partial charge in [-0.25, -0.2) is 12.8 Å². The molecule has 1 N–H and O–H groups in total. The van der Waals surface area contributed by atoms with Crippen LogP contribution in [0.5, 0.6) is 0 Å². The molecule has 0 saturated carbocycles. The fourth-order valence-electron chi connectivity index (χ4n) is 4.70. The van der Waals surface area contributed by atoms with Gasteiger partial charge in [0.05, 0.1) is 10.6 Å². The van der Waals surface area contributed by atoms with Crippen LogP contribution in [0.3, 0.4) is 0 Å². The summed E-state index contributed by atoms with van der Waals surface area (Å²) in [5, 5.41) is 2.91. The molecule has 0 aliphatic heterocycles. The maximum Gasteiger partial charge on any atom is 0.264 e. The van der Waals surface area contributed by atoms with E-state index in [-0.39, 0.29) is 29.5 Å². The molecule has 0 heterocycles. The topological polar surface area (TPSA) is 86.8 Å². The predicted octanol–water partition coefficient (Wildman–Crippen LogP) is 6.26. The highest BCUT2D eigenvalue weighted by atomic mass is 79.9. The van der Waals surface area contributed by atoms with Gasteiger partial charge >= 0.3 is 0 Å². The van der Waals surface area contributed by atoms with Crippen molar-refractivity contribution in [1.82, 2.24) is 10.2 Å². The lowest BCUT2D eigenvalue weighted by Gasteiger charge is -2.34. The zero-order valence-corrected chi connectivity index (χ0v) is 27.0. The summed E-state index contributed by atoms with van der Waals surface area (Å²) in [6, 6.07) is 27.1. The van der Waals surface area contributed by atoms with Crippen LogP contribution in [0.4, 0.5) is 10.1 Å². The Balaban J connectivity index is 1.79. The third-order valence-electron chi connectivity index (χ3n) is 7.07. The van der Waals surface area contributed by atoms with E-state index in [1.54, 1.807) is 48.5 Å². The van der Waals surface area contributed by atoms with Crippen LogP contribution in [-0.4, -0.2) is 44.3 Å². The molecule has 1 atom stereocenters. The van der Waals surface area contributed by atoms with Crippen molar-refractivity contribution in [3.8, 4) is 0 Å². The van der Waals surface area contributed by atoms with Crippen molar-refractivity contribution in [3.63, 3.8) is 0 Å². The monoisotopic (exact) mass is 679 g/mol. The van der Waals surface area contributed by atoms with Gasteiger partial charge in [-0.1, -0.05) is 89.1 Å². The normalized spacial score (nSPS) is 11.9. The lowest BCUT2D eigenvalue weighted by atomic mass is 10.0. The van der Waals surface area contributed by atoms with Crippen LogP contribution in [0, 0.1) is 12.7 Å². The zero-order valence-electron chi connectivity index (χ0n) is 24.6. The molecule has 4 rings (SSSR count). The molecule has 4 aromatic rings. The standard InChI is InChI=1S/C34H35BrFN3O4S/c1-3-20-37-34(41)32(21-26-8-5-4-6-9-26)38(23-27-14-16-29(36)17-15-27)33(40)24-39(30-11-7-10-28(35)22-30)44(42,43)31-18-12-25(2)13-19-31/h4-19,22,32H,3,20-21,23-24H2,1-2H3,(H,37,41)/t32-/m0/s1. The van der Waals surface area contributed by atoms with E-state index in [4.69, 9.17) is 0 Å². The van der Waals surface area contributed by atoms with Gasteiger partial charge in [-0.05, 0) is 66.9 Å². The van der Waals surface area contributed by atoms with Crippen molar-refractivity contribution in [1.29, 1.82) is 0 Å².